The molecule has 0 saturated heterocycles. The van der Waals surface area contributed by atoms with Gasteiger partial charge < -0.3 is 9.52 Å². The Labute approximate surface area is 127 Å². The highest BCUT2D eigenvalue weighted by Gasteiger charge is 2.11. The van der Waals surface area contributed by atoms with Crippen molar-refractivity contribution in [3.8, 4) is 5.75 Å². The number of halogens is 1. The largest absolute Gasteiger partial charge is 0.508 e. The topological polar surface area (TPSA) is 50.4 Å². The van der Waals surface area contributed by atoms with Crippen molar-refractivity contribution < 1.29 is 9.52 Å². The lowest BCUT2D eigenvalue weighted by atomic mass is 10.1. The predicted octanol–water partition coefficient (Wildman–Crippen LogP) is 4.57. The highest BCUT2D eigenvalue weighted by molar-refractivity contribution is 9.10. The van der Waals surface area contributed by atoms with E-state index in [2.05, 4.69) is 15.9 Å². The van der Waals surface area contributed by atoms with E-state index < -0.39 is 0 Å². The highest BCUT2D eigenvalue weighted by Crippen LogP contribution is 2.29. The number of phenols is 1. The normalized spacial score (nSPS) is 11.5. The van der Waals surface area contributed by atoms with Crippen molar-refractivity contribution in [1.82, 2.24) is 0 Å². The van der Waals surface area contributed by atoms with Crippen LogP contribution in [0.4, 0.5) is 0 Å². The Hall–Kier alpha value is -2.33. The summed E-state index contributed by atoms with van der Waals surface area (Å²) in [6.45, 7) is 0. The van der Waals surface area contributed by atoms with E-state index in [1.165, 1.54) is 0 Å². The van der Waals surface area contributed by atoms with E-state index in [0.717, 1.165) is 15.2 Å². The number of phenolic OH excluding ortho intramolecular Hbond substituents is 1. The molecule has 0 spiro atoms. The number of fused-ring (bicyclic) bond motifs is 4. The molecule has 0 unspecified atom stereocenters. The summed E-state index contributed by atoms with van der Waals surface area (Å²) >= 11 is 3.37. The summed E-state index contributed by atoms with van der Waals surface area (Å²) in [5, 5.41) is 12.3. The van der Waals surface area contributed by atoms with Crippen molar-refractivity contribution in [3.63, 3.8) is 0 Å². The third kappa shape index (κ3) is 1.83. The van der Waals surface area contributed by atoms with Crippen LogP contribution in [0.1, 0.15) is 0 Å². The van der Waals surface area contributed by atoms with E-state index in [-0.39, 0.29) is 11.2 Å². The zero-order valence-electron chi connectivity index (χ0n) is 10.8. The molecule has 0 radical (unpaired) electrons. The zero-order chi connectivity index (χ0) is 14.6. The van der Waals surface area contributed by atoms with E-state index >= 15 is 0 Å². The Morgan fingerprint density at radius 3 is 2.57 bits per heavy atom. The quantitative estimate of drug-likeness (QED) is 0.377. The van der Waals surface area contributed by atoms with Gasteiger partial charge in [0.25, 0.3) is 0 Å². The summed E-state index contributed by atoms with van der Waals surface area (Å²) in [5.41, 5.74) is 1.05. The van der Waals surface area contributed by atoms with Crippen molar-refractivity contribution in [2.45, 2.75) is 0 Å². The molecule has 0 aliphatic carbocycles. The molecule has 21 heavy (non-hydrogen) atoms. The molecule has 0 aliphatic heterocycles. The number of hydrogen-bond donors (Lipinski definition) is 1. The molecule has 4 rings (SSSR count). The average molecular weight is 341 g/mol. The van der Waals surface area contributed by atoms with Crippen LogP contribution in [-0.2, 0) is 0 Å². The van der Waals surface area contributed by atoms with Gasteiger partial charge >= 0.3 is 0 Å². The van der Waals surface area contributed by atoms with Gasteiger partial charge in [0.15, 0.2) is 0 Å². The smallest absolute Gasteiger partial charge is 0.200 e. The summed E-state index contributed by atoms with van der Waals surface area (Å²) in [7, 11) is 0. The van der Waals surface area contributed by atoms with Gasteiger partial charge in [-0.15, -0.1) is 0 Å². The average Bonchev–Trinajstić information content (AvgIpc) is 2.47. The van der Waals surface area contributed by atoms with Crippen LogP contribution in [0.2, 0.25) is 0 Å². The first-order valence-electron chi connectivity index (χ1n) is 6.41. The molecule has 1 heterocycles. The number of hydrogen-bond acceptors (Lipinski definition) is 3. The lowest BCUT2D eigenvalue weighted by Crippen LogP contribution is -2.02. The van der Waals surface area contributed by atoms with Gasteiger partial charge in [-0.1, -0.05) is 22.0 Å². The second kappa shape index (κ2) is 4.33. The summed E-state index contributed by atoms with van der Waals surface area (Å²) in [5.74, 6) is 0.189. The van der Waals surface area contributed by atoms with Gasteiger partial charge in [-0.05, 0) is 47.9 Å². The van der Waals surface area contributed by atoms with Gasteiger partial charge in [0.05, 0.1) is 10.8 Å². The van der Waals surface area contributed by atoms with E-state index in [1.54, 1.807) is 36.4 Å². The lowest BCUT2D eigenvalue weighted by molar-refractivity contribution is 0.476. The molecule has 3 nitrogen and oxygen atoms in total. The Morgan fingerprint density at radius 1 is 0.905 bits per heavy atom. The third-order valence-corrected chi connectivity index (χ3v) is 4.09. The Kier molecular flexibility index (Phi) is 2.56. The fourth-order valence-electron chi connectivity index (χ4n) is 2.60. The van der Waals surface area contributed by atoms with Crippen LogP contribution in [0, 0.1) is 0 Å². The summed E-state index contributed by atoms with van der Waals surface area (Å²) < 4.78 is 6.77. The minimum atomic E-state index is -0.0532. The molecule has 4 aromatic rings. The van der Waals surface area contributed by atoms with Crippen LogP contribution in [0.25, 0.3) is 32.7 Å². The minimum Gasteiger partial charge on any atom is -0.508 e. The number of benzene rings is 3. The molecule has 0 aliphatic rings. The summed E-state index contributed by atoms with van der Waals surface area (Å²) in [6, 6.07) is 13.9. The Balaban J connectivity index is 2.27. The van der Waals surface area contributed by atoms with E-state index in [4.69, 9.17) is 4.42 Å². The van der Waals surface area contributed by atoms with E-state index in [0.29, 0.717) is 21.9 Å². The van der Waals surface area contributed by atoms with Crippen LogP contribution in [-0.4, -0.2) is 5.11 Å². The van der Waals surface area contributed by atoms with E-state index in [1.807, 2.05) is 12.1 Å². The van der Waals surface area contributed by atoms with Crippen LogP contribution in [0.15, 0.2) is 62.2 Å². The minimum absolute atomic E-state index is 0.0532. The number of aromatic hydroxyl groups is 1. The van der Waals surface area contributed by atoms with Crippen LogP contribution in [0.3, 0.4) is 0 Å². The van der Waals surface area contributed by atoms with Crippen molar-refractivity contribution in [1.29, 1.82) is 0 Å². The Morgan fingerprint density at radius 2 is 1.71 bits per heavy atom. The molecule has 4 heteroatoms. The van der Waals surface area contributed by atoms with Crippen molar-refractivity contribution in [2.24, 2.45) is 0 Å². The van der Waals surface area contributed by atoms with E-state index in [9.17, 15) is 9.90 Å². The molecule has 1 aromatic heterocycles. The molecular weight excluding hydrogens is 332 g/mol. The van der Waals surface area contributed by atoms with Gasteiger partial charge in [0.2, 0.25) is 5.43 Å². The maximum absolute atomic E-state index is 12.6. The number of rotatable bonds is 0. The molecule has 0 fully saturated rings. The monoisotopic (exact) mass is 340 g/mol. The molecule has 102 valence electrons. The fraction of sp³-hybridized carbons (Fsp3) is 0. The predicted molar refractivity (Wildman–Crippen MR) is 86.9 cm³/mol. The first-order chi connectivity index (χ1) is 10.1. The van der Waals surface area contributed by atoms with Gasteiger partial charge in [-0.3, -0.25) is 4.79 Å². The third-order valence-electron chi connectivity index (χ3n) is 3.60. The zero-order valence-corrected chi connectivity index (χ0v) is 12.3. The van der Waals surface area contributed by atoms with Crippen LogP contribution in [0.5, 0.6) is 5.75 Å². The molecule has 3 aromatic carbocycles. The van der Waals surface area contributed by atoms with Crippen molar-refractivity contribution >= 4 is 48.6 Å². The van der Waals surface area contributed by atoms with Crippen LogP contribution < -0.4 is 5.43 Å². The fourth-order valence-corrected chi connectivity index (χ4v) is 2.96. The van der Waals surface area contributed by atoms with Gasteiger partial charge in [0, 0.05) is 9.86 Å². The van der Waals surface area contributed by atoms with Gasteiger partial charge in [-0.2, -0.15) is 0 Å². The van der Waals surface area contributed by atoms with Gasteiger partial charge in [-0.25, -0.2) is 0 Å². The Bertz CT molecular complexity index is 1080. The van der Waals surface area contributed by atoms with Crippen LogP contribution >= 0.6 is 15.9 Å². The van der Waals surface area contributed by atoms with Crippen molar-refractivity contribution in [3.05, 3.63) is 63.2 Å². The highest BCUT2D eigenvalue weighted by atomic mass is 79.9. The molecule has 0 saturated carbocycles. The first kappa shape index (κ1) is 12.4. The molecular formula is C17H9BrO3. The maximum atomic E-state index is 12.6. The van der Waals surface area contributed by atoms with Crippen molar-refractivity contribution in [2.75, 3.05) is 0 Å². The standard InChI is InChI=1S/C17H9BrO3/c18-10-2-6-15-14(8-10)16(20)13-4-1-9-7-11(19)3-5-12(9)17(13)21-15/h1-8,19H. The molecule has 0 amide bonds. The summed E-state index contributed by atoms with van der Waals surface area (Å²) in [4.78, 5) is 12.6. The SMILES string of the molecule is O=c1c2cc(Br)ccc2oc2c1ccc1cc(O)ccc12. The molecule has 1 N–H and O–H groups in total. The molecule has 0 bridgehead atoms. The maximum Gasteiger partial charge on any atom is 0.200 e. The first-order valence-corrected chi connectivity index (χ1v) is 7.20. The summed E-state index contributed by atoms with van der Waals surface area (Å²) in [6.07, 6.45) is 0. The second-order valence-corrected chi connectivity index (χ2v) is 5.84. The lowest BCUT2D eigenvalue weighted by Gasteiger charge is -2.05. The second-order valence-electron chi connectivity index (χ2n) is 4.92. The molecule has 0 atom stereocenters. The van der Waals surface area contributed by atoms with Gasteiger partial charge in [0.1, 0.15) is 16.9 Å².